The van der Waals surface area contributed by atoms with E-state index in [1.807, 2.05) is 5.01 Å². The van der Waals surface area contributed by atoms with E-state index >= 15 is 0 Å². The number of nitrogens with zero attached hydrogens (tertiary/aromatic N) is 3. The van der Waals surface area contributed by atoms with Gasteiger partial charge in [-0.2, -0.15) is 5.10 Å². The number of methoxy groups -OCH3 is 1. The molecule has 0 atom stereocenters. The van der Waals surface area contributed by atoms with Crippen LogP contribution in [0.4, 0.5) is 5.82 Å². The quantitative estimate of drug-likeness (QED) is 0.547. The van der Waals surface area contributed by atoms with Crippen LogP contribution in [-0.2, 0) is 19.4 Å². The molecule has 9 nitrogen and oxygen atoms in total. The first-order chi connectivity index (χ1) is 14.3. The minimum Gasteiger partial charge on any atom is -0.465 e. The van der Waals surface area contributed by atoms with Crippen LogP contribution in [0.15, 0.2) is 52.6 Å². The molecule has 10 heteroatoms. The Kier molecular flexibility index (Phi) is 6.46. The zero-order valence-electron chi connectivity index (χ0n) is 16.7. The summed E-state index contributed by atoms with van der Waals surface area (Å²) in [5.41, 5.74) is 0.895. The number of esters is 1. The van der Waals surface area contributed by atoms with Crippen LogP contribution in [0.1, 0.15) is 28.8 Å². The molecule has 0 bridgehead atoms. The molecule has 0 unspecified atom stereocenters. The SMILES string of the molecule is COC(=O)c1ccc(NC(=O)/C(=N/N2CCCC2)c2ccc(S(C)(=O)=O)cc2)nc1. The van der Waals surface area contributed by atoms with Gasteiger partial charge in [0.2, 0.25) is 0 Å². The first-order valence-corrected chi connectivity index (χ1v) is 11.2. The third kappa shape index (κ3) is 5.20. The van der Waals surface area contributed by atoms with Crippen molar-refractivity contribution in [1.82, 2.24) is 9.99 Å². The number of aromatic nitrogens is 1. The number of ether oxygens (including phenoxy) is 1. The van der Waals surface area contributed by atoms with Gasteiger partial charge in [-0.05, 0) is 37.1 Å². The summed E-state index contributed by atoms with van der Waals surface area (Å²) in [6.45, 7) is 1.48. The molecule has 1 aliphatic heterocycles. The number of sulfone groups is 1. The van der Waals surface area contributed by atoms with Gasteiger partial charge in [-0.3, -0.25) is 9.80 Å². The Morgan fingerprint density at radius 2 is 1.70 bits per heavy atom. The van der Waals surface area contributed by atoms with Crippen molar-refractivity contribution in [3.05, 3.63) is 53.7 Å². The van der Waals surface area contributed by atoms with Crippen molar-refractivity contribution in [2.24, 2.45) is 5.10 Å². The van der Waals surface area contributed by atoms with Gasteiger partial charge in [0.1, 0.15) is 5.82 Å². The van der Waals surface area contributed by atoms with Crippen LogP contribution in [0.25, 0.3) is 0 Å². The van der Waals surface area contributed by atoms with E-state index in [1.54, 1.807) is 12.1 Å². The van der Waals surface area contributed by atoms with Crippen LogP contribution < -0.4 is 5.32 Å². The van der Waals surface area contributed by atoms with E-state index in [4.69, 9.17) is 0 Å². The fourth-order valence-corrected chi connectivity index (χ4v) is 3.55. The van der Waals surface area contributed by atoms with E-state index in [0.717, 1.165) is 32.2 Å². The zero-order valence-corrected chi connectivity index (χ0v) is 17.5. The van der Waals surface area contributed by atoms with Crippen LogP contribution in [0, 0.1) is 0 Å². The van der Waals surface area contributed by atoms with Gasteiger partial charge in [-0.25, -0.2) is 18.2 Å². The van der Waals surface area contributed by atoms with Crippen molar-refractivity contribution in [1.29, 1.82) is 0 Å². The predicted octanol–water partition coefficient (Wildman–Crippen LogP) is 1.71. The molecular weight excluding hydrogens is 408 g/mol. The maximum Gasteiger partial charge on any atom is 0.339 e. The van der Waals surface area contributed by atoms with Gasteiger partial charge in [0.25, 0.3) is 5.91 Å². The van der Waals surface area contributed by atoms with E-state index in [2.05, 4.69) is 20.1 Å². The van der Waals surface area contributed by atoms with Crippen molar-refractivity contribution < 1.29 is 22.7 Å². The molecule has 2 aromatic rings. The molecule has 0 saturated carbocycles. The van der Waals surface area contributed by atoms with Crippen LogP contribution >= 0.6 is 0 Å². The highest BCUT2D eigenvalue weighted by atomic mass is 32.2. The van der Waals surface area contributed by atoms with Crippen molar-refractivity contribution in [2.75, 3.05) is 31.8 Å². The second-order valence-electron chi connectivity index (χ2n) is 6.78. The number of hydrogen-bond acceptors (Lipinski definition) is 8. The summed E-state index contributed by atoms with van der Waals surface area (Å²) >= 11 is 0. The Morgan fingerprint density at radius 3 is 2.23 bits per heavy atom. The topological polar surface area (TPSA) is 118 Å². The maximum atomic E-state index is 12.9. The summed E-state index contributed by atoms with van der Waals surface area (Å²) in [5.74, 6) is -0.774. The molecule has 1 amide bonds. The van der Waals surface area contributed by atoms with Gasteiger partial charge in [0.15, 0.2) is 15.5 Å². The van der Waals surface area contributed by atoms with Crippen molar-refractivity contribution in [3.63, 3.8) is 0 Å². The summed E-state index contributed by atoms with van der Waals surface area (Å²) in [6.07, 6.45) is 4.40. The number of hydrazone groups is 1. The lowest BCUT2D eigenvalue weighted by atomic mass is 10.1. The largest absolute Gasteiger partial charge is 0.465 e. The second-order valence-corrected chi connectivity index (χ2v) is 8.80. The number of carbonyl (C=O) groups is 2. The number of hydrogen-bond donors (Lipinski definition) is 1. The molecule has 2 heterocycles. The molecule has 0 aliphatic carbocycles. The van der Waals surface area contributed by atoms with Crippen LogP contribution in [0.2, 0.25) is 0 Å². The smallest absolute Gasteiger partial charge is 0.339 e. The fourth-order valence-electron chi connectivity index (χ4n) is 2.92. The Morgan fingerprint density at radius 1 is 1.07 bits per heavy atom. The molecule has 1 saturated heterocycles. The molecule has 0 radical (unpaired) electrons. The number of rotatable bonds is 6. The molecule has 1 fully saturated rings. The highest BCUT2D eigenvalue weighted by Gasteiger charge is 2.20. The second kappa shape index (κ2) is 9.04. The van der Waals surface area contributed by atoms with E-state index in [9.17, 15) is 18.0 Å². The lowest BCUT2D eigenvalue weighted by molar-refractivity contribution is -0.110. The lowest BCUT2D eigenvalue weighted by Crippen LogP contribution is -2.28. The van der Waals surface area contributed by atoms with E-state index in [0.29, 0.717) is 5.56 Å². The summed E-state index contributed by atoms with van der Waals surface area (Å²) in [7, 11) is -2.08. The Bertz CT molecular complexity index is 1060. The third-order valence-corrected chi connectivity index (χ3v) is 5.65. The van der Waals surface area contributed by atoms with Crippen molar-refractivity contribution >= 4 is 33.2 Å². The Balaban J connectivity index is 1.86. The molecule has 1 aliphatic rings. The highest BCUT2D eigenvalue weighted by Crippen LogP contribution is 2.15. The first kappa shape index (κ1) is 21.4. The van der Waals surface area contributed by atoms with E-state index < -0.39 is 21.7 Å². The van der Waals surface area contributed by atoms with Crippen LogP contribution in [-0.4, -0.2) is 62.5 Å². The fraction of sp³-hybridized carbons (Fsp3) is 0.300. The molecule has 1 N–H and O–H groups in total. The van der Waals surface area contributed by atoms with Crippen molar-refractivity contribution in [3.8, 4) is 0 Å². The van der Waals surface area contributed by atoms with E-state index in [1.165, 1.54) is 37.6 Å². The Hall–Kier alpha value is -3.27. The molecule has 1 aromatic carbocycles. The van der Waals surface area contributed by atoms with Crippen molar-refractivity contribution in [2.45, 2.75) is 17.7 Å². The standard InChI is InChI=1S/C20H22N4O5S/c1-29-20(26)15-7-10-17(21-13-15)22-19(25)18(23-24-11-3-4-12-24)14-5-8-16(9-6-14)30(2,27)28/h5-10,13H,3-4,11-12H2,1-2H3,(H,21,22,25)/b23-18+. The number of nitrogens with one attached hydrogen (secondary N) is 1. The van der Waals surface area contributed by atoms with Gasteiger partial charge in [-0.15, -0.1) is 0 Å². The minimum absolute atomic E-state index is 0.149. The summed E-state index contributed by atoms with van der Waals surface area (Å²) in [4.78, 5) is 28.7. The third-order valence-electron chi connectivity index (χ3n) is 4.52. The first-order valence-electron chi connectivity index (χ1n) is 9.27. The van der Waals surface area contributed by atoms with Gasteiger partial charge in [0.05, 0.1) is 17.6 Å². The van der Waals surface area contributed by atoms with E-state index in [-0.39, 0.29) is 22.0 Å². The molecule has 158 valence electrons. The van der Waals surface area contributed by atoms with Gasteiger partial charge in [-0.1, -0.05) is 12.1 Å². The molecule has 30 heavy (non-hydrogen) atoms. The average Bonchev–Trinajstić information content (AvgIpc) is 3.25. The van der Waals surface area contributed by atoms with Crippen LogP contribution in [0.5, 0.6) is 0 Å². The molecule has 3 rings (SSSR count). The average molecular weight is 430 g/mol. The molecule has 0 spiro atoms. The molecule has 1 aromatic heterocycles. The monoisotopic (exact) mass is 430 g/mol. The predicted molar refractivity (Wildman–Crippen MR) is 111 cm³/mol. The summed E-state index contributed by atoms with van der Waals surface area (Å²) in [5, 5.41) is 8.96. The number of anilines is 1. The summed E-state index contributed by atoms with van der Waals surface area (Å²) in [6, 6.07) is 8.98. The number of benzene rings is 1. The number of carbonyl (C=O) groups excluding carboxylic acids is 2. The van der Waals surface area contributed by atoms with Gasteiger partial charge < -0.3 is 10.1 Å². The number of pyridine rings is 1. The molecular formula is C20H22N4O5S. The minimum atomic E-state index is -3.35. The van der Waals surface area contributed by atoms with Crippen LogP contribution in [0.3, 0.4) is 0 Å². The van der Waals surface area contributed by atoms with Gasteiger partial charge >= 0.3 is 5.97 Å². The number of amides is 1. The zero-order chi connectivity index (χ0) is 21.7. The maximum absolute atomic E-state index is 12.9. The lowest BCUT2D eigenvalue weighted by Gasteiger charge is -2.14. The Labute approximate surface area is 174 Å². The highest BCUT2D eigenvalue weighted by molar-refractivity contribution is 7.90. The summed E-state index contributed by atoms with van der Waals surface area (Å²) < 4.78 is 28.0. The normalized spacial score (nSPS) is 14.5. The van der Waals surface area contributed by atoms with Gasteiger partial charge in [0, 0.05) is 31.1 Å².